The first kappa shape index (κ1) is 11.9. The summed E-state index contributed by atoms with van der Waals surface area (Å²) in [6.07, 6.45) is 1.01. The molecule has 4 heteroatoms. The van der Waals surface area contributed by atoms with Gasteiger partial charge in [0.2, 0.25) is 0 Å². The normalized spacial score (nSPS) is 15.1. The molecule has 17 heavy (non-hydrogen) atoms. The molecule has 1 aromatic rings. The number of benzene rings is 1. The summed E-state index contributed by atoms with van der Waals surface area (Å²) < 4.78 is 13.4. The molecule has 0 aliphatic carbocycles. The van der Waals surface area contributed by atoms with Crippen LogP contribution < -0.4 is 10.2 Å². The molecule has 0 atom stereocenters. The van der Waals surface area contributed by atoms with Gasteiger partial charge < -0.3 is 10.2 Å². The van der Waals surface area contributed by atoms with Gasteiger partial charge in [-0.05, 0) is 24.6 Å². The van der Waals surface area contributed by atoms with Gasteiger partial charge in [0.15, 0.2) is 0 Å². The molecule has 1 aliphatic heterocycles. The van der Waals surface area contributed by atoms with Crippen LogP contribution in [0.3, 0.4) is 0 Å². The first-order chi connectivity index (χ1) is 8.24. The minimum absolute atomic E-state index is 0.340. The van der Waals surface area contributed by atoms with E-state index in [2.05, 4.69) is 17.1 Å². The molecule has 0 bridgehead atoms. The highest BCUT2D eigenvalue weighted by Crippen LogP contribution is 2.22. The fraction of sp³-hybridized carbons (Fsp3) is 0.462. The highest BCUT2D eigenvalue weighted by Gasteiger charge is 2.24. The largest absolute Gasteiger partial charge is 0.366 e. The van der Waals surface area contributed by atoms with Crippen molar-refractivity contribution in [2.75, 3.05) is 24.5 Å². The maximum Gasteiger partial charge on any atom is 0.126 e. The molecule has 2 rings (SSSR count). The average Bonchev–Trinajstić information content (AvgIpc) is 2.25. The third-order valence-electron chi connectivity index (χ3n) is 3.01. The van der Waals surface area contributed by atoms with E-state index in [1.165, 1.54) is 12.1 Å². The first-order valence-electron chi connectivity index (χ1n) is 5.92. The van der Waals surface area contributed by atoms with Crippen molar-refractivity contribution in [1.29, 1.82) is 5.26 Å². The summed E-state index contributed by atoms with van der Waals surface area (Å²) in [5.41, 5.74) is 1.20. The summed E-state index contributed by atoms with van der Waals surface area (Å²) >= 11 is 0. The molecule has 0 saturated carbocycles. The van der Waals surface area contributed by atoms with Crippen LogP contribution in [0.2, 0.25) is 0 Å². The van der Waals surface area contributed by atoms with Gasteiger partial charge in [-0.1, -0.05) is 6.92 Å². The van der Waals surface area contributed by atoms with E-state index in [1.54, 1.807) is 6.07 Å². The van der Waals surface area contributed by atoms with Gasteiger partial charge in [-0.3, -0.25) is 0 Å². The third-order valence-corrected chi connectivity index (χ3v) is 3.01. The number of nitriles is 1. The number of halogens is 1. The van der Waals surface area contributed by atoms with Crippen molar-refractivity contribution in [3.63, 3.8) is 0 Å². The monoisotopic (exact) mass is 233 g/mol. The van der Waals surface area contributed by atoms with Gasteiger partial charge in [0.25, 0.3) is 0 Å². The highest BCUT2D eigenvalue weighted by atomic mass is 19.1. The molecular formula is C13H16FN3. The summed E-state index contributed by atoms with van der Waals surface area (Å²) in [5.74, 6) is -0.340. The van der Waals surface area contributed by atoms with Crippen molar-refractivity contribution in [3.05, 3.63) is 29.6 Å². The smallest absolute Gasteiger partial charge is 0.126 e. The van der Waals surface area contributed by atoms with Crippen molar-refractivity contribution in [3.8, 4) is 6.07 Å². The Bertz CT molecular complexity index is 435. The standard InChI is InChI=1S/C13H16FN3/c1-2-3-17(13-8-16-9-13)12-5-10(7-15)4-11(14)6-12/h4-6,13,16H,2-3,8-9H2,1H3. The van der Waals surface area contributed by atoms with Gasteiger partial charge in [0.1, 0.15) is 5.82 Å². The summed E-state index contributed by atoms with van der Waals surface area (Å²) in [7, 11) is 0. The van der Waals surface area contributed by atoms with Gasteiger partial charge in [-0.25, -0.2) is 4.39 Å². The Morgan fingerprint density at radius 2 is 2.24 bits per heavy atom. The van der Waals surface area contributed by atoms with E-state index in [1.807, 2.05) is 6.07 Å². The van der Waals surface area contributed by atoms with Crippen LogP contribution in [0.5, 0.6) is 0 Å². The van der Waals surface area contributed by atoms with Gasteiger partial charge in [0.05, 0.1) is 17.7 Å². The van der Waals surface area contributed by atoms with E-state index in [9.17, 15) is 4.39 Å². The molecule has 1 N–H and O–H groups in total. The minimum Gasteiger partial charge on any atom is -0.366 e. The van der Waals surface area contributed by atoms with E-state index in [0.29, 0.717) is 11.6 Å². The Balaban J connectivity index is 2.28. The molecule has 0 spiro atoms. The lowest BCUT2D eigenvalue weighted by atomic mass is 10.1. The van der Waals surface area contributed by atoms with E-state index in [0.717, 1.165) is 31.7 Å². The molecule has 1 aromatic carbocycles. The zero-order valence-electron chi connectivity index (χ0n) is 9.91. The van der Waals surface area contributed by atoms with Crippen LogP contribution >= 0.6 is 0 Å². The van der Waals surface area contributed by atoms with Crippen molar-refractivity contribution >= 4 is 5.69 Å². The topological polar surface area (TPSA) is 39.1 Å². The number of anilines is 1. The van der Waals surface area contributed by atoms with Crippen LogP contribution in [-0.2, 0) is 0 Å². The highest BCUT2D eigenvalue weighted by molar-refractivity contribution is 5.53. The lowest BCUT2D eigenvalue weighted by Gasteiger charge is -2.39. The van der Waals surface area contributed by atoms with Crippen molar-refractivity contribution in [2.45, 2.75) is 19.4 Å². The second kappa shape index (κ2) is 5.15. The van der Waals surface area contributed by atoms with E-state index >= 15 is 0 Å². The molecule has 3 nitrogen and oxygen atoms in total. The van der Waals surface area contributed by atoms with Crippen LogP contribution in [0, 0.1) is 17.1 Å². The van der Waals surface area contributed by atoms with Crippen LogP contribution in [0.1, 0.15) is 18.9 Å². The average molecular weight is 233 g/mol. The molecule has 0 radical (unpaired) electrons. The zero-order valence-corrected chi connectivity index (χ0v) is 9.91. The molecule has 1 heterocycles. The Kier molecular flexibility index (Phi) is 3.60. The maximum atomic E-state index is 13.4. The minimum atomic E-state index is -0.340. The predicted molar refractivity (Wildman–Crippen MR) is 65.4 cm³/mol. The number of nitrogens with one attached hydrogen (secondary N) is 1. The second-order valence-electron chi connectivity index (χ2n) is 4.32. The van der Waals surface area contributed by atoms with Gasteiger partial charge in [0, 0.05) is 25.3 Å². The van der Waals surface area contributed by atoms with Crippen LogP contribution in [0.4, 0.5) is 10.1 Å². The first-order valence-corrected chi connectivity index (χ1v) is 5.92. The molecule has 0 amide bonds. The lowest BCUT2D eigenvalue weighted by molar-refractivity contribution is 0.412. The van der Waals surface area contributed by atoms with Crippen LogP contribution in [-0.4, -0.2) is 25.7 Å². The lowest BCUT2D eigenvalue weighted by Crippen LogP contribution is -2.57. The van der Waals surface area contributed by atoms with Crippen LogP contribution in [0.15, 0.2) is 18.2 Å². The van der Waals surface area contributed by atoms with E-state index in [-0.39, 0.29) is 5.82 Å². The summed E-state index contributed by atoms with van der Waals surface area (Å²) in [4.78, 5) is 2.18. The SMILES string of the molecule is CCCN(c1cc(F)cc(C#N)c1)C1CNC1. The molecule has 1 aliphatic rings. The molecule has 0 aromatic heterocycles. The molecule has 0 unspecified atom stereocenters. The molecular weight excluding hydrogens is 217 g/mol. The molecule has 1 saturated heterocycles. The Morgan fingerprint density at radius 3 is 2.76 bits per heavy atom. The van der Waals surface area contributed by atoms with Crippen LogP contribution in [0.25, 0.3) is 0 Å². The third kappa shape index (κ3) is 2.56. The van der Waals surface area contributed by atoms with Crippen molar-refractivity contribution < 1.29 is 4.39 Å². The van der Waals surface area contributed by atoms with E-state index in [4.69, 9.17) is 5.26 Å². The summed E-state index contributed by atoms with van der Waals surface area (Å²) in [5, 5.41) is 12.1. The quantitative estimate of drug-likeness (QED) is 0.863. The zero-order chi connectivity index (χ0) is 12.3. The van der Waals surface area contributed by atoms with Gasteiger partial charge in [-0.2, -0.15) is 5.26 Å². The maximum absolute atomic E-state index is 13.4. The Labute approximate surface area is 101 Å². The fourth-order valence-corrected chi connectivity index (χ4v) is 2.06. The summed E-state index contributed by atoms with van der Waals surface area (Å²) in [6.45, 7) is 4.85. The molecule has 90 valence electrons. The Morgan fingerprint density at radius 1 is 1.47 bits per heavy atom. The predicted octanol–water partition coefficient (Wildman–Crippen LogP) is 1.89. The number of hydrogen-bond acceptors (Lipinski definition) is 3. The molecule has 1 fully saturated rings. The number of rotatable bonds is 4. The number of hydrogen-bond donors (Lipinski definition) is 1. The summed E-state index contributed by atoms with van der Waals surface area (Å²) in [6, 6.07) is 6.96. The van der Waals surface area contributed by atoms with Gasteiger partial charge >= 0.3 is 0 Å². The van der Waals surface area contributed by atoms with Gasteiger partial charge in [-0.15, -0.1) is 0 Å². The fourth-order valence-electron chi connectivity index (χ4n) is 2.06. The van der Waals surface area contributed by atoms with E-state index < -0.39 is 0 Å². The number of nitrogens with zero attached hydrogens (tertiary/aromatic N) is 2. The second-order valence-corrected chi connectivity index (χ2v) is 4.32. The van der Waals surface area contributed by atoms with Crippen molar-refractivity contribution in [1.82, 2.24) is 5.32 Å². The van der Waals surface area contributed by atoms with Crippen molar-refractivity contribution in [2.24, 2.45) is 0 Å². The Hall–Kier alpha value is -1.60.